The number of hydrogen-bond donors (Lipinski definition) is 1. The van der Waals surface area contributed by atoms with Crippen molar-refractivity contribution in [1.82, 2.24) is 24.5 Å². The lowest BCUT2D eigenvalue weighted by atomic mass is 10.1. The van der Waals surface area contributed by atoms with Crippen molar-refractivity contribution in [2.45, 2.75) is 0 Å². The van der Waals surface area contributed by atoms with Gasteiger partial charge in [0.25, 0.3) is 11.5 Å². The molecule has 0 atom stereocenters. The summed E-state index contributed by atoms with van der Waals surface area (Å²) in [6.07, 6.45) is 3.11. The summed E-state index contributed by atoms with van der Waals surface area (Å²) in [5, 5.41) is 15.3. The standard InChI is InChI=1S/C26H17ClN6O3/c27-18-10-8-17(9-11-18)20-14-28-33-21-12-13-32(26(35)24(21)29-30-25(20)33)31-23(34)15-36-22-7-3-5-16-4-1-2-6-19(16)22/h1-14H,15H2,(H,31,34). The van der Waals surface area contributed by atoms with E-state index < -0.39 is 11.5 Å². The van der Waals surface area contributed by atoms with Gasteiger partial charge in [0.2, 0.25) is 0 Å². The zero-order chi connectivity index (χ0) is 24.6. The highest BCUT2D eigenvalue weighted by Gasteiger charge is 2.15. The molecule has 3 aromatic carbocycles. The Morgan fingerprint density at radius 1 is 0.972 bits per heavy atom. The van der Waals surface area contributed by atoms with Crippen LogP contribution in [0.25, 0.3) is 38.6 Å². The molecule has 0 spiro atoms. The molecule has 0 bridgehead atoms. The van der Waals surface area contributed by atoms with Crippen LogP contribution in [0.4, 0.5) is 0 Å². The largest absolute Gasteiger partial charge is 0.483 e. The van der Waals surface area contributed by atoms with E-state index in [0.29, 0.717) is 21.9 Å². The summed E-state index contributed by atoms with van der Waals surface area (Å²) >= 11 is 5.99. The number of benzene rings is 3. The number of rotatable bonds is 5. The van der Waals surface area contributed by atoms with E-state index in [4.69, 9.17) is 16.3 Å². The van der Waals surface area contributed by atoms with Crippen LogP contribution in [0.15, 0.2) is 90.0 Å². The van der Waals surface area contributed by atoms with Gasteiger partial charge in [0.15, 0.2) is 17.8 Å². The normalized spacial score (nSPS) is 11.2. The Morgan fingerprint density at radius 3 is 2.64 bits per heavy atom. The molecule has 9 nitrogen and oxygen atoms in total. The van der Waals surface area contributed by atoms with E-state index >= 15 is 0 Å². The van der Waals surface area contributed by atoms with Crippen molar-refractivity contribution >= 4 is 45.0 Å². The number of halogens is 1. The van der Waals surface area contributed by atoms with Crippen LogP contribution in [0.5, 0.6) is 5.75 Å². The number of nitrogens with one attached hydrogen (secondary N) is 1. The van der Waals surface area contributed by atoms with Gasteiger partial charge >= 0.3 is 0 Å². The smallest absolute Gasteiger partial charge is 0.299 e. The lowest BCUT2D eigenvalue weighted by Gasteiger charge is -2.11. The van der Waals surface area contributed by atoms with Gasteiger partial charge in [-0.3, -0.25) is 15.0 Å². The van der Waals surface area contributed by atoms with Gasteiger partial charge in [-0.05, 0) is 35.2 Å². The summed E-state index contributed by atoms with van der Waals surface area (Å²) in [4.78, 5) is 25.6. The molecule has 10 heteroatoms. The minimum atomic E-state index is -0.538. The Bertz CT molecular complexity index is 1820. The third kappa shape index (κ3) is 3.81. The number of aromatic nitrogens is 5. The SMILES string of the molecule is O=C(COc1cccc2ccccc12)Nn1ccc2c(nnc3c(-c4ccc(Cl)cc4)cnn32)c1=O. The summed E-state index contributed by atoms with van der Waals surface area (Å²) < 4.78 is 8.31. The summed E-state index contributed by atoms with van der Waals surface area (Å²) in [5.74, 6) is 0.0834. The highest BCUT2D eigenvalue weighted by molar-refractivity contribution is 6.30. The molecular weight excluding hydrogens is 480 g/mol. The fourth-order valence-electron chi connectivity index (χ4n) is 4.04. The number of ether oxygens (including phenoxy) is 1. The van der Waals surface area contributed by atoms with Crippen molar-refractivity contribution < 1.29 is 9.53 Å². The molecular formula is C26H17ClN6O3. The maximum absolute atomic E-state index is 13.0. The topological polar surface area (TPSA) is 103 Å². The van der Waals surface area contributed by atoms with Crippen LogP contribution in [0.1, 0.15) is 0 Å². The van der Waals surface area contributed by atoms with Crippen molar-refractivity contribution in [2.24, 2.45) is 0 Å². The molecule has 1 N–H and O–H groups in total. The molecule has 0 aliphatic carbocycles. The Balaban J connectivity index is 1.26. The number of carbonyl (C=O) groups is 1. The Labute approximate surface area is 208 Å². The number of nitrogens with zero attached hydrogens (tertiary/aromatic N) is 5. The van der Waals surface area contributed by atoms with Gasteiger partial charge in [-0.2, -0.15) is 5.10 Å². The van der Waals surface area contributed by atoms with Crippen molar-refractivity contribution in [1.29, 1.82) is 0 Å². The first-order chi connectivity index (χ1) is 17.6. The first-order valence-electron chi connectivity index (χ1n) is 11.0. The average molecular weight is 497 g/mol. The Kier molecular flexibility index (Phi) is 5.31. The number of hydrogen-bond acceptors (Lipinski definition) is 6. The summed E-state index contributed by atoms with van der Waals surface area (Å²) in [6, 6.07) is 22.3. The van der Waals surface area contributed by atoms with E-state index in [2.05, 4.69) is 20.7 Å². The third-order valence-electron chi connectivity index (χ3n) is 5.77. The van der Waals surface area contributed by atoms with E-state index in [9.17, 15) is 9.59 Å². The molecule has 0 saturated heterocycles. The molecule has 6 rings (SSSR count). The van der Waals surface area contributed by atoms with E-state index in [-0.39, 0.29) is 12.1 Å². The molecule has 6 aromatic rings. The van der Waals surface area contributed by atoms with Crippen LogP contribution in [0.3, 0.4) is 0 Å². The zero-order valence-corrected chi connectivity index (χ0v) is 19.4. The van der Waals surface area contributed by atoms with Gasteiger partial charge in [0.1, 0.15) is 11.3 Å². The highest BCUT2D eigenvalue weighted by Crippen LogP contribution is 2.26. The number of pyridine rings is 1. The predicted octanol–water partition coefficient (Wildman–Crippen LogP) is 4.06. The lowest BCUT2D eigenvalue weighted by Crippen LogP contribution is -2.35. The second kappa shape index (κ2) is 8.79. The molecule has 0 fully saturated rings. The second-order valence-electron chi connectivity index (χ2n) is 8.03. The Hall–Kier alpha value is -4.76. The lowest BCUT2D eigenvalue weighted by molar-refractivity contribution is -0.119. The van der Waals surface area contributed by atoms with Crippen LogP contribution in [0, 0.1) is 0 Å². The molecule has 36 heavy (non-hydrogen) atoms. The van der Waals surface area contributed by atoms with E-state index in [1.54, 1.807) is 35.0 Å². The van der Waals surface area contributed by atoms with E-state index in [1.165, 1.54) is 6.20 Å². The molecule has 0 radical (unpaired) electrons. The fraction of sp³-hybridized carbons (Fsp3) is 0.0385. The number of amides is 1. The highest BCUT2D eigenvalue weighted by atomic mass is 35.5. The number of fused-ring (bicyclic) bond motifs is 4. The zero-order valence-electron chi connectivity index (χ0n) is 18.6. The van der Waals surface area contributed by atoms with Crippen LogP contribution in [-0.2, 0) is 4.79 Å². The summed E-state index contributed by atoms with van der Waals surface area (Å²) in [6.45, 7) is -0.271. The van der Waals surface area contributed by atoms with Crippen LogP contribution >= 0.6 is 11.6 Å². The molecule has 0 saturated carbocycles. The van der Waals surface area contributed by atoms with Crippen molar-refractivity contribution in [2.75, 3.05) is 12.0 Å². The first-order valence-corrected chi connectivity index (χ1v) is 11.4. The average Bonchev–Trinajstić information content (AvgIpc) is 3.34. The van der Waals surface area contributed by atoms with Gasteiger partial charge in [0, 0.05) is 22.2 Å². The molecule has 0 aliphatic heterocycles. The minimum absolute atomic E-state index is 0.0611. The quantitative estimate of drug-likeness (QED) is 0.386. The maximum atomic E-state index is 13.0. The molecule has 0 aliphatic rings. The molecule has 176 valence electrons. The monoisotopic (exact) mass is 496 g/mol. The second-order valence-corrected chi connectivity index (χ2v) is 8.46. The number of carbonyl (C=O) groups excluding carboxylic acids is 1. The third-order valence-corrected chi connectivity index (χ3v) is 6.02. The summed E-state index contributed by atoms with van der Waals surface area (Å²) in [5.41, 5.74) is 4.64. The van der Waals surface area contributed by atoms with Crippen LogP contribution in [-0.4, -0.2) is 37.0 Å². The summed E-state index contributed by atoms with van der Waals surface area (Å²) in [7, 11) is 0. The Morgan fingerprint density at radius 2 is 1.78 bits per heavy atom. The fourth-order valence-corrected chi connectivity index (χ4v) is 4.17. The van der Waals surface area contributed by atoms with Crippen molar-refractivity contribution in [3.63, 3.8) is 0 Å². The van der Waals surface area contributed by atoms with E-state index in [1.807, 2.05) is 48.5 Å². The first kappa shape index (κ1) is 21.8. The van der Waals surface area contributed by atoms with Gasteiger partial charge in [-0.15, -0.1) is 10.2 Å². The van der Waals surface area contributed by atoms with Gasteiger partial charge in [-0.1, -0.05) is 60.1 Å². The van der Waals surface area contributed by atoms with Crippen molar-refractivity contribution in [3.8, 4) is 16.9 Å². The molecule has 1 amide bonds. The molecule has 0 unspecified atom stereocenters. The van der Waals surface area contributed by atoms with Crippen LogP contribution in [0.2, 0.25) is 5.02 Å². The van der Waals surface area contributed by atoms with Gasteiger partial charge in [-0.25, -0.2) is 9.19 Å². The van der Waals surface area contributed by atoms with Crippen molar-refractivity contribution in [3.05, 3.63) is 101 Å². The molecule has 3 heterocycles. The van der Waals surface area contributed by atoms with Crippen LogP contribution < -0.4 is 15.7 Å². The predicted molar refractivity (Wildman–Crippen MR) is 137 cm³/mol. The van der Waals surface area contributed by atoms with E-state index in [0.717, 1.165) is 26.6 Å². The van der Waals surface area contributed by atoms with Gasteiger partial charge in [0.05, 0.1) is 6.20 Å². The van der Waals surface area contributed by atoms with Gasteiger partial charge < -0.3 is 4.74 Å². The minimum Gasteiger partial charge on any atom is -0.483 e. The molecule has 3 aromatic heterocycles. The maximum Gasteiger partial charge on any atom is 0.299 e.